The van der Waals surface area contributed by atoms with Gasteiger partial charge in [-0.1, -0.05) is 123 Å². The lowest BCUT2D eigenvalue weighted by Crippen LogP contribution is -2.68. The normalized spacial score (nSPS) is 17.5. The fourth-order valence-electron chi connectivity index (χ4n) is 6.32. The monoisotopic (exact) mass is 497 g/mol. The number of rotatable bonds is 6. The highest BCUT2D eigenvalue weighted by Crippen LogP contribution is 2.69. The molecule has 1 radical (unpaired) electrons. The Hall–Kier alpha value is 0.351. The van der Waals surface area contributed by atoms with Crippen LogP contribution in [0, 0.1) is 0 Å². The van der Waals surface area contributed by atoms with Crippen molar-refractivity contribution in [3.8, 4) is 0 Å². The zero-order valence-electron chi connectivity index (χ0n) is 25.8. The van der Waals surface area contributed by atoms with E-state index >= 15 is 0 Å². The van der Waals surface area contributed by atoms with Crippen LogP contribution >= 0.6 is 0 Å². The van der Waals surface area contributed by atoms with Crippen LogP contribution in [0.15, 0.2) is 12.2 Å². The summed E-state index contributed by atoms with van der Waals surface area (Å²) in [5, 5.41) is 0.959. The van der Waals surface area contributed by atoms with Crippen LogP contribution in [0.5, 0.6) is 0 Å². The summed E-state index contributed by atoms with van der Waals surface area (Å²) >= 11 is 0. The quantitative estimate of drug-likeness (QED) is 0.262. The van der Waals surface area contributed by atoms with Crippen molar-refractivity contribution in [2.24, 2.45) is 0 Å². The molecule has 0 aliphatic rings. The van der Waals surface area contributed by atoms with E-state index in [2.05, 4.69) is 131 Å². The van der Waals surface area contributed by atoms with Crippen LogP contribution in [0.1, 0.15) is 118 Å². The van der Waals surface area contributed by atoms with Crippen molar-refractivity contribution >= 4 is 25.4 Å². The molecule has 0 aromatic rings. The van der Waals surface area contributed by atoms with Gasteiger partial charge in [-0.05, 0) is 51.3 Å². The molecule has 0 saturated heterocycles. The van der Waals surface area contributed by atoms with E-state index in [0.717, 1.165) is 0 Å². The SMILES string of the molecule is C=C(C)C(C)(C[Si](C(C)(C)C)C(C)(C)C)[Si](O[Si](C)(C)C(C)(C)C)(C(C)(C)C)C(C)(C)C. The van der Waals surface area contributed by atoms with Crippen LogP contribution in [-0.2, 0) is 4.12 Å². The Morgan fingerprint density at radius 2 is 0.969 bits per heavy atom. The molecule has 1 unspecified atom stereocenters. The summed E-state index contributed by atoms with van der Waals surface area (Å²) in [4.78, 5) is 0. The average Bonchev–Trinajstić information content (AvgIpc) is 2.43. The first-order valence-corrected chi connectivity index (χ1v) is 19.2. The predicted molar refractivity (Wildman–Crippen MR) is 157 cm³/mol. The van der Waals surface area contributed by atoms with Gasteiger partial charge in [0, 0.05) is 5.04 Å². The van der Waals surface area contributed by atoms with Crippen LogP contribution in [-0.4, -0.2) is 25.4 Å². The summed E-state index contributed by atoms with van der Waals surface area (Å²) in [7, 11) is -5.28. The van der Waals surface area contributed by atoms with Crippen LogP contribution < -0.4 is 0 Å². The molecule has 4 heteroatoms. The Labute approximate surface area is 208 Å². The number of hydrogen-bond donors (Lipinski definition) is 0. The minimum atomic E-state index is -2.49. The second-order valence-corrected chi connectivity index (χ2v) is 31.4. The van der Waals surface area contributed by atoms with E-state index < -0.39 is 25.4 Å². The summed E-state index contributed by atoms with van der Waals surface area (Å²) in [6.07, 6.45) is 0. The van der Waals surface area contributed by atoms with E-state index in [0.29, 0.717) is 10.1 Å². The molecule has 32 heavy (non-hydrogen) atoms. The van der Waals surface area contributed by atoms with Gasteiger partial charge in [-0.25, -0.2) is 0 Å². The van der Waals surface area contributed by atoms with E-state index in [4.69, 9.17) is 10.7 Å². The molecular weight excluding hydrogens is 437 g/mol. The van der Waals surface area contributed by atoms with E-state index in [9.17, 15) is 0 Å². The maximum atomic E-state index is 7.90. The molecule has 0 heterocycles. The highest BCUT2D eigenvalue weighted by molar-refractivity contribution is 6.93. The molecule has 0 amide bonds. The van der Waals surface area contributed by atoms with Crippen LogP contribution in [0.2, 0.25) is 49.4 Å². The van der Waals surface area contributed by atoms with Gasteiger partial charge in [0.05, 0.1) is 8.80 Å². The Bertz CT molecular complexity index is 629. The van der Waals surface area contributed by atoms with Crippen molar-refractivity contribution in [1.29, 1.82) is 0 Å². The van der Waals surface area contributed by atoms with Gasteiger partial charge in [0.1, 0.15) is 0 Å². The number of hydrogen-bond acceptors (Lipinski definition) is 1. The molecule has 0 N–H and O–H groups in total. The maximum Gasteiger partial charge on any atom is 0.200 e. The van der Waals surface area contributed by atoms with E-state index in [-0.39, 0.29) is 20.2 Å². The Morgan fingerprint density at radius 3 is 1.16 bits per heavy atom. The Kier molecular flexibility index (Phi) is 9.19. The molecule has 1 nitrogen and oxygen atoms in total. The molecule has 0 fully saturated rings. The standard InChI is InChI=1S/C28H61OSi3/c1-22(2)28(18,21-30(23(3,4)5)24(6,7)8)32(26(12,13)14,27(15,16)17)29-31(19,20)25(9,10)11/h1,21H2,2-20H3. The lowest BCUT2D eigenvalue weighted by atomic mass is 10.1. The number of allylic oxidation sites excluding steroid dienone is 1. The maximum absolute atomic E-state index is 7.90. The van der Waals surface area contributed by atoms with Gasteiger partial charge >= 0.3 is 0 Å². The first-order valence-electron chi connectivity index (χ1n) is 12.7. The molecular formula is C28H61OSi3. The summed E-state index contributed by atoms with van der Waals surface area (Å²) in [5.41, 5.74) is 1.34. The second-order valence-electron chi connectivity index (χ2n) is 16.3. The van der Waals surface area contributed by atoms with Gasteiger partial charge in [-0.3, -0.25) is 0 Å². The fourth-order valence-corrected chi connectivity index (χ4v) is 26.0. The van der Waals surface area contributed by atoms with Gasteiger partial charge in [-0.2, -0.15) is 0 Å². The van der Waals surface area contributed by atoms with Gasteiger partial charge < -0.3 is 4.12 Å². The third-order valence-electron chi connectivity index (χ3n) is 8.39. The fraction of sp³-hybridized carbons (Fsp3) is 0.929. The molecule has 0 aliphatic heterocycles. The van der Waals surface area contributed by atoms with Crippen molar-refractivity contribution in [2.45, 2.75) is 167 Å². The first kappa shape index (κ1) is 32.4. The molecule has 0 aromatic carbocycles. The summed E-state index contributed by atoms with van der Waals surface area (Å²) < 4.78 is 7.90. The van der Waals surface area contributed by atoms with Gasteiger partial charge in [-0.15, -0.1) is 0 Å². The molecule has 0 saturated carbocycles. The smallest absolute Gasteiger partial charge is 0.200 e. The van der Waals surface area contributed by atoms with Gasteiger partial charge in [0.15, 0.2) is 16.6 Å². The minimum Gasteiger partial charge on any atom is -0.454 e. The second kappa shape index (κ2) is 9.09. The van der Waals surface area contributed by atoms with Crippen LogP contribution in [0.25, 0.3) is 0 Å². The minimum absolute atomic E-state index is 0.00608. The average molecular weight is 498 g/mol. The zero-order valence-corrected chi connectivity index (χ0v) is 28.8. The molecule has 0 rings (SSSR count). The largest absolute Gasteiger partial charge is 0.454 e. The third kappa shape index (κ3) is 6.12. The highest BCUT2D eigenvalue weighted by Gasteiger charge is 2.68. The molecule has 1 atom stereocenters. The first-order chi connectivity index (χ1) is 13.5. The Balaban J connectivity index is 7.49. The summed E-state index contributed by atoms with van der Waals surface area (Å²) in [6, 6.07) is 1.23. The molecule has 0 aliphatic carbocycles. The van der Waals surface area contributed by atoms with Crippen molar-refractivity contribution in [1.82, 2.24) is 0 Å². The van der Waals surface area contributed by atoms with E-state index in [1.54, 1.807) is 0 Å². The topological polar surface area (TPSA) is 9.23 Å². The zero-order chi connectivity index (χ0) is 26.6. The van der Waals surface area contributed by atoms with E-state index in [1.807, 2.05) is 0 Å². The highest BCUT2D eigenvalue weighted by atomic mass is 28.4. The lowest BCUT2D eigenvalue weighted by Gasteiger charge is -2.65. The lowest BCUT2D eigenvalue weighted by molar-refractivity contribution is 0.356. The van der Waals surface area contributed by atoms with Crippen molar-refractivity contribution in [2.75, 3.05) is 0 Å². The summed E-state index contributed by atoms with van der Waals surface area (Å²) in [6.45, 7) is 51.3. The van der Waals surface area contributed by atoms with Crippen molar-refractivity contribution in [3.63, 3.8) is 0 Å². The van der Waals surface area contributed by atoms with E-state index in [1.165, 1.54) is 11.6 Å². The predicted octanol–water partition coefficient (Wildman–Crippen LogP) is 11.0. The van der Waals surface area contributed by atoms with Gasteiger partial charge in [0.2, 0.25) is 0 Å². The molecule has 0 spiro atoms. The Morgan fingerprint density at radius 1 is 0.656 bits per heavy atom. The molecule has 191 valence electrons. The van der Waals surface area contributed by atoms with Crippen LogP contribution in [0.3, 0.4) is 0 Å². The van der Waals surface area contributed by atoms with Crippen molar-refractivity contribution < 1.29 is 4.12 Å². The molecule has 0 bridgehead atoms. The third-order valence-corrected chi connectivity index (χ3v) is 26.7. The van der Waals surface area contributed by atoms with Crippen LogP contribution in [0.4, 0.5) is 0 Å². The molecule has 0 aromatic heterocycles. The van der Waals surface area contributed by atoms with Crippen molar-refractivity contribution in [3.05, 3.63) is 12.2 Å². The summed E-state index contributed by atoms with van der Waals surface area (Å²) in [5.74, 6) is 0. The van der Waals surface area contributed by atoms with Gasteiger partial charge in [0.25, 0.3) is 0 Å².